The van der Waals surface area contributed by atoms with E-state index in [2.05, 4.69) is 17.5 Å². The molecular weight excluding hydrogens is 452 g/mol. The second-order valence-electron chi connectivity index (χ2n) is 10.1. The van der Waals surface area contributed by atoms with E-state index in [1.165, 1.54) is 12.5 Å². The van der Waals surface area contributed by atoms with Crippen molar-refractivity contribution < 1.29 is 19.4 Å². The number of carbonyl (C=O) groups excluding carboxylic acids is 2. The van der Waals surface area contributed by atoms with Gasteiger partial charge < -0.3 is 14.7 Å². The van der Waals surface area contributed by atoms with Crippen LogP contribution in [0.5, 0.6) is 11.5 Å². The van der Waals surface area contributed by atoms with E-state index < -0.39 is 0 Å². The highest BCUT2D eigenvalue weighted by atomic mass is 16.5. The highest BCUT2D eigenvalue weighted by Crippen LogP contribution is 2.50. The van der Waals surface area contributed by atoms with Gasteiger partial charge in [-0.15, -0.1) is 6.58 Å². The van der Waals surface area contributed by atoms with Crippen LogP contribution in [0.15, 0.2) is 67.3 Å². The van der Waals surface area contributed by atoms with E-state index in [1.54, 1.807) is 30.4 Å². The molecule has 4 rings (SSSR count). The molecule has 1 N–H and O–H groups in total. The zero-order valence-corrected chi connectivity index (χ0v) is 21.2. The van der Waals surface area contributed by atoms with Crippen LogP contribution in [0, 0.1) is 5.92 Å². The Hall–Kier alpha value is -3.38. The minimum atomic E-state index is -0.327. The predicted molar refractivity (Wildman–Crippen MR) is 142 cm³/mol. The first-order chi connectivity index (χ1) is 17.3. The van der Waals surface area contributed by atoms with Gasteiger partial charge in [-0.1, -0.05) is 30.3 Å². The largest absolute Gasteiger partial charge is 0.508 e. The third kappa shape index (κ3) is 5.71. The third-order valence-corrected chi connectivity index (χ3v) is 7.82. The van der Waals surface area contributed by atoms with Gasteiger partial charge in [0.15, 0.2) is 0 Å². The number of likely N-dealkylation sites (N-methyl/N-ethyl adjacent to an activating group) is 1. The van der Waals surface area contributed by atoms with Gasteiger partial charge in [0.1, 0.15) is 11.5 Å². The Morgan fingerprint density at radius 3 is 2.78 bits per heavy atom. The molecule has 0 radical (unpaired) electrons. The maximum absolute atomic E-state index is 13.1. The Morgan fingerprint density at radius 2 is 2.03 bits per heavy atom. The Bertz CT molecular complexity index is 1140. The van der Waals surface area contributed by atoms with Crippen molar-refractivity contribution in [1.29, 1.82) is 0 Å². The number of amides is 1. The average molecular weight is 489 g/mol. The molecule has 190 valence electrons. The summed E-state index contributed by atoms with van der Waals surface area (Å²) in [5, 5.41) is 9.69. The summed E-state index contributed by atoms with van der Waals surface area (Å²) in [6.45, 7) is 8.17. The first-order valence-electron chi connectivity index (χ1n) is 12.7. The number of phenolic OH excluding ortho intramolecular Hbond substituents is 1. The molecule has 2 aromatic carbocycles. The molecule has 1 aliphatic heterocycles. The lowest BCUT2D eigenvalue weighted by Gasteiger charge is -2.54. The number of hydrogen-bond acceptors (Lipinski definition) is 5. The van der Waals surface area contributed by atoms with Gasteiger partial charge in [-0.25, -0.2) is 0 Å². The standard InChI is InChI=1S/C30H36N2O4/c1-4-16-32-17-15-30(24-8-6-10-28(19-24)36-22(2)33)20-26(13-12-25(30)21-32)31(3)29(35)14-11-23-7-5-9-27(34)18-23/h4-11,14,18-19,25-26,34H,1,12-13,15-17,20-21H2,2-3H3/t25-,26+,30+/m1/s1. The van der Waals surface area contributed by atoms with Gasteiger partial charge in [-0.3, -0.25) is 14.5 Å². The van der Waals surface area contributed by atoms with Crippen LogP contribution in [0.1, 0.15) is 43.7 Å². The molecule has 2 aliphatic rings. The van der Waals surface area contributed by atoms with E-state index in [4.69, 9.17) is 4.74 Å². The zero-order valence-electron chi connectivity index (χ0n) is 21.2. The number of ether oxygens (including phenoxy) is 1. The fourth-order valence-electron chi connectivity index (χ4n) is 6.00. The number of fused-ring (bicyclic) bond motifs is 1. The SMILES string of the molecule is C=CCN1CC[C@@]2(c3cccc(OC(C)=O)c3)C[C@@H](N(C)C(=O)C=Cc3cccc(O)c3)CC[C@@H]2C1. The van der Waals surface area contributed by atoms with Gasteiger partial charge in [0, 0.05) is 44.6 Å². The van der Waals surface area contributed by atoms with Gasteiger partial charge in [-0.05, 0) is 79.6 Å². The van der Waals surface area contributed by atoms with Crippen molar-refractivity contribution in [3.05, 3.63) is 78.4 Å². The smallest absolute Gasteiger partial charge is 0.308 e. The van der Waals surface area contributed by atoms with Crippen molar-refractivity contribution in [3.8, 4) is 11.5 Å². The van der Waals surface area contributed by atoms with Crippen LogP contribution in [0.25, 0.3) is 6.08 Å². The molecule has 3 atom stereocenters. The molecule has 0 bridgehead atoms. The molecule has 1 amide bonds. The van der Waals surface area contributed by atoms with Crippen LogP contribution in [0.4, 0.5) is 0 Å². The molecule has 6 heteroatoms. The number of phenols is 1. The monoisotopic (exact) mass is 488 g/mol. The van der Waals surface area contributed by atoms with Crippen molar-refractivity contribution in [3.63, 3.8) is 0 Å². The fourth-order valence-corrected chi connectivity index (χ4v) is 6.00. The summed E-state index contributed by atoms with van der Waals surface area (Å²) in [5.74, 6) is 0.822. The molecule has 0 aromatic heterocycles. The normalized spacial score (nSPS) is 24.2. The van der Waals surface area contributed by atoms with Crippen molar-refractivity contribution >= 4 is 18.0 Å². The van der Waals surface area contributed by atoms with Crippen molar-refractivity contribution in [2.75, 3.05) is 26.7 Å². The lowest BCUT2D eigenvalue weighted by molar-refractivity contribution is -0.132. The van der Waals surface area contributed by atoms with E-state index in [0.29, 0.717) is 11.7 Å². The van der Waals surface area contributed by atoms with Gasteiger partial charge in [-0.2, -0.15) is 0 Å². The molecule has 1 saturated heterocycles. The average Bonchev–Trinajstić information content (AvgIpc) is 2.86. The summed E-state index contributed by atoms with van der Waals surface area (Å²) in [6, 6.07) is 14.9. The number of carbonyl (C=O) groups is 2. The molecule has 0 unspecified atom stereocenters. The van der Waals surface area contributed by atoms with E-state index in [1.807, 2.05) is 42.3 Å². The highest BCUT2D eigenvalue weighted by molar-refractivity contribution is 5.91. The van der Waals surface area contributed by atoms with Crippen molar-refractivity contribution in [2.45, 2.75) is 44.1 Å². The number of rotatable bonds is 7. The summed E-state index contributed by atoms with van der Waals surface area (Å²) in [5.41, 5.74) is 1.87. The summed E-state index contributed by atoms with van der Waals surface area (Å²) in [4.78, 5) is 29.0. The highest BCUT2D eigenvalue weighted by Gasteiger charge is 2.49. The van der Waals surface area contributed by atoms with Gasteiger partial charge in [0.25, 0.3) is 0 Å². The number of piperidine rings is 1. The quantitative estimate of drug-likeness (QED) is 0.263. The van der Waals surface area contributed by atoms with Crippen LogP contribution in [-0.2, 0) is 15.0 Å². The molecule has 6 nitrogen and oxygen atoms in total. The summed E-state index contributed by atoms with van der Waals surface area (Å²) in [6.07, 6.45) is 9.10. The minimum absolute atomic E-state index is 0.0466. The van der Waals surface area contributed by atoms with E-state index in [-0.39, 0.29) is 29.1 Å². The number of nitrogens with zero attached hydrogens (tertiary/aromatic N) is 2. The maximum atomic E-state index is 13.1. The van der Waals surface area contributed by atoms with Gasteiger partial charge >= 0.3 is 5.97 Å². The first-order valence-corrected chi connectivity index (χ1v) is 12.7. The first kappa shape index (κ1) is 25.7. The lowest BCUT2D eigenvalue weighted by atomic mass is 9.57. The van der Waals surface area contributed by atoms with Crippen molar-refractivity contribution in [2.24, 2.45) is 5.92 Å². The number of aromatic hydroxyl groups is 1. The summed E-state index contributed by atoms with van der Waals surface area (Å²) in [7, 11) is 1.88. The van der Waals surface area contributed by atoms with Crippen LogP contribution in [-0.4, -0.2) is 59.5 Å². The zero-order chi connectivity index (χ0) is 25.7. The summed E-state index contributed by atoms with van der Waals surface area (Å²) < 4.78 is 5.42. The molecule has 36 heavy (non-hydrogen) atoms. The Kier molecular flexibility index (Phi) is 7.94. The second kappa shape index (κ2) is 11.1. The third-order valence-electron chi connectivity index (χ3n) is 7.82. The van der Waals surface area contributed by atoms with Crippen molar-refractivity contribution in [1.82, 2.24) is 9.80 Å². The van der Waals surface area contributed by atoms with E-state index >= 15 is 0 Å². The van der Waals surface area contributed by atoms with Gasteiger partial charge in [0.2, 0.25) is 5.91 Å². The Morgan fingerprint density at radius 1 is 1.22 bits per heavy atom. The predicted octanol–water partition coefficient (Wildman–Crippen LogP) is 4.79. The van der Waals surface area contributed by atoms with Crippen LogP contribution >= 0.6 is 0 Å². The van der Waals surface area contributed by atoms with E-state index in [9.17, 15) is 14.7 Å². The van der Waals surface area contributed by atoms with Crippen LogP contribution in [0.3, 0.4) is 0 Å². The minimum Gasteiger partial charge on any atom is -0.508 e. The molecule has 1 aliphatic carbocycles. The molecular formula is C30H36N2O4. The Labute approximate surface area is 213 Å². The molecule has 0 spiro atoms. The maximum Gasteiger partial charge on any atom is 0.308 e. The number of benzene rings is 2. The molecule has 2 fully saturated rings. The number of likely N-dealkylation sites (tertiary alicyclic amines) is 1. The number of hydrogen-bond donors (Lipinski definition) is 1. The second-order valence-corrected chi connectivity index (χ2v) is 10.1. The molecule has 1 saturated carbocycles. The topological polar surface area (TPSA) is 70.1 Å². The number of esters is 1. The van der Waals surface area contributed by atoms with Crippen LogP contribution < -0.4 is 4.74 Å². The van der Waals surface area contributed by atoms with Crippen LogP contribution in [0.2, 0.25) is 0 Å². The summed E-state index contributed by atoms with van der Waals surface area (Å²) >= 11 is 0. The lowest BCUT2D eigenvalue weighted by Crippen LogP contribution is -2.56. The fraction of sp³-hybridized carbons (Fsp3) is 0.400. The van der Waals surface area contributed by atoms with Gasteiger partial charge in [0.05, 0.1) is 0 Å². The van der Waals surface area contributed by atoms with E-state index in [0.717, 1.165) is 50.9 Å². The molecule has 2 aromatic rings. The molecule has 1 heterocycles. The Balaban J connectivity index is 1.58.